The third-order valence-electron chi connectivity index (χ3n) is 13.0. The van der Waals surface area contributed by atoms with E-state index in [9.17, 15) is 0 Å². The van der Waals surface area contributed by atoms with Crippen LogP contribution in [0.1, 0.15) is 22.3 Å². The molecule has 63 heavy (non-hydrogen) atoms. The first-order chi connectivity index (χ1) is 31.3. The third kappa shape index (κ3) is 5.95. The predicted octanol–water partition coefficient (Wildman–Crippen LogP) is 16.4. The predicted molar refractivity (Wildman–Crippen MR) is 262 cm³/mol. The van der Waals surface area contributed by atoms with Gasteiger partial charge in [-0.1, -0.05) is 200 Å². The Morgan fingerprint density at radius 1 is 0.286 bits per heavy atom. The molecule has 1 aromatic heterocycles. The lowest BCUT2D eigenvalue weighted by Gasteiger charge is -2.38. The lowest BCUT2D eigenvalue weighted by atomic mass is 9.63. The van der Waals surface area contributed by atoms with E-state index in [1.165, 1.54) is 55.6 Å². The minimum absolute atomic E-state index is 0.603. The molecule has 0 amide bonds. The average Bonchev–Trinajstić information content (AvgIpc) is 3.71. The highest BCUT2D eigenvalue weighted by Crippen LogP contribution is 2.55. The topological polar surface area (TPSA) is 16.4 Å². The number of rotatable bonds is 7. The zero-order valence-electron chi connectivity index (χ0n) is 34.5. The Kier molecular flexibility index (Phi) is 8.76. The van der Waals surface area contributed by atoms with Gasteiger partial charge in [-0.3, -0.25) is 0 Å². The molecule has 11 aromatic rings. The third-order valence-corrected chi connectivity index (χ3v) is 13.0. The van der Waals surface area contributed by atoms with E-state index in [0.29, 0.717) is 0 Å². The van der Waals surface area contributed by atoms with E-state index < -0.39 is 5.41 Å². The molecule has 0 saturated heterocycles. The van der Waals surface area contributed by atoms with Crippen LogP contribution in [-0.2, 0) is 5.41 Å². The maximum Gasteiger partial charge on any atom is 0.136 e. The maximum atomic E-state index is 6.28. The smallest absolute Gasteiger partial charge is 0.136 e. The Bertz CT molecular complexity index is 3350. The van der Waals surface area contributed by atoms with Crippen molar-refractivity contribution in [2.75, 3.05) is 4.90 Å². The number of hydrogen-bond acceptors (Lipinski definition) is 2. The molecule has 0 aliphatic heterocycles. The number of hydrogen-bond donors (Lipinski definition) is 0. The van der Waals surface area contributed by atoms with Crippen LogP contribution in [0, 0.1) is 0 Å². The number of furan rings is 1. The largest absolute Gasteiger partial charge is 0.456 e. The van der Waals surface area contributed by atoms with Crippen molar-refractivity contribution in [3.05, 3.63) is 271 Å². The molecule has 12 rings (SSSR count). The Morgan fingerprint density at radius 2 is 0.714 bits per heavy atom. The number of nitrogens with zero attached hydrogens (tertiary/aromatic N) is 1. The molecule has 296 valence electrons. The van der Waals surface area contributed by atoms with Crippen LogP contribution in [0.2, 0.25) is 0 Å². The van der Waals surface area contributed by atoms with Crippen molar-refractivity contribution in [1.29, 1.82) is 0 Å². The molecule has 0 bridgehead atoms. The minimum atomic E-state index is -0.603. The minimum Gasteiger partial charge on any atom is -0.456 e. The lowest BCUT2D eigenvalue weighted by Crippen LogP contribution is -2.31. The summed E-state index contributed by atoms with van der Waals surface area (Å²) in [5.74, 6) is 0. The van der Waals surface area contributed by atoms with Crippen LogP contribution in [0.5, 0.6) is 0 Å². The second kappa shape index (κ2) is 15.1. The van der Waals surface area contributed by atoms with E-state index in [2.05, 4.69) is 241 Å². The Balaban J connectivity index is 1.03. The van der Waals surface area contributed by atoms with E-state index in [0.717, 1.165) is 50.1 Å². The molecule has 0 atom stereocenters. The fraction of sp³-hybridized carbons (Fsp3) is 0.0164. The van der Waals surface area contributed by atoms with E-state index in [1.807, 2.05) is 12.1 Å². The Labute approximate surface area is 367 Å². The van der Waals surface area contributed by atoms with Gasteiger partial charge in [0.25, 0.3) is 0 Å². The molecule has 0 unspecified atom stereocenters. The summed E-state index contributed by atoms with van der Waals surface area (Å²) in [5.41, 5.74) is 19.1. The summed E-state index contributed by atoms with van der Waals surface area (Å²) in [6, 6.07) is 90.4. The molecule has 0 saturated carbocycles. The van der Waals surface area contributed by atoms with Gasteiger partial charge < -0.3 is 9.32 Å². The second-order valence-electron chi connectivity index (χ2n) is 16.4. The monoisotopic (exact) mass is 803 g/mol. The van der Waals surface area contributed by atoms with Crippen LogP contribution in [0.15, 0.2) is 253 Å². The highest BCUT2D eigenvalue weighted by Gasteiger charge is 2.43. The van der Waals surface area contributed by atoms with Crippen molar-refractivity contribution in [1.82, 2.24) is 0 Å². The summed E-state index contributed by atoms with van der Waals surface area (Å²) in [5, 5.41) is 2.27. The summed E-state index contributed by atoms with van der Waals surface area (Å²) in [4.78, 5) is 2.37. The fourth-order valence-corrected chi connectivity index (χ4v) is 10.2. The zero-order chi connectivity index (χ0) is 41.7. The van der Waals surface area contributed by atoms with Crippen LogP contribution in [-0.4, -0.2) is 0 Å². The van der Waals surface area contributed by atoms with E-state index >= 15 is 0 Å². The standard InChI is InChI=1S/C61H41NO/c1-3-16-42(17-4-1)43-30-36-47(37-31-43)62(48-38-32-44(33-39-48)50-25-15-29-59-60(50)55-24-11-14-28-58(55)63-59)49-40-34-46(35-41-49)61(45-18-5-2-6-19-45)56-26-12-9-22-53(56)51-20-7-8-21-52(51)54-23-10-13-27-57(54)61/h1-41H. The zero-order valence-corrected chi connectivity index (χ0v) is 34.5. The first-order valence-electron chi connectivity index (χ1n) is 21.7. The average molecular weight is 804 g/mol. The molecule has 10 aromatic carbocycles. The first kappa shape index (κ1) is 36.6. The molecule has 1 heterocycles. The Hall–Kier alpha value is -8.20. The Morgan fingerprint density at radius 3 is 1.33 bits per heavy atom. The molecule has 0 radical (unpaired) electrons. The summed E-state index contributed by atoms with van der Waals surface area (Å²) >= 11 is 0. The summed E-state index contributed by atoms with van der Waals surface area (Å²) in [6.07, 6.45) is 0. The van der Waals surface area contributed by atoms with Gasteiger partial charge in [0.05, 0.1) is 5.41 Å². The van der Waals surface area contributed by atoms with E-state index in [-0.39, 0.29) is 0 Å². The van der Waals surface area contributed by atoms with Crippen molar-refractivity contribution in [3.63, 3.8) is 0 Å². The van der Waals surface area contributed by atoms with Gasteiger partial charge in [0.15, 0.2) is 0 Å². The van der Waals surface area contributed by atoms with Gasteiger partial charge >= 0.3 is 0 Å². The van der Waals surface area contributed by atoms with E-state index in [4.69, 9.17) is 4.42 Å². The van der Waals surface area contributed by atoms with Crippen molar-refractivity contribution >= 4 is 39.0 Å². The van der Waals surface area contributed by atoms with Gasteiger partial charge in [-0.2, -0.15) is 0 Å². The molecule has 0 N–H and O–H groups in total. The number of para-hydroxylation sites is 1. The van der Waals surface area contributed by atoms with Gasteiger partial charge in [-0.05, 0) is 115 Å². The fourth-order valence-electron chi connectivity index (χ4n) is 10.2. The summed E-state index contributed by atoms with van der Waals surface area (Å²) in [7, 11) is 0. The van der Waals surface area contributed by atoms with Crippen molar-refractivity contribution < 1.29 is 4.42 Å². The first-order valence-corrected chi connectivity index (χ1v) is 21.7. The van der Waals surface area contributed by atoms with Crippen LogP contribution >= 0.6 is 0 Å². The number of benzene rings is 10. The molecule has 0 fully saturated rings. The lowest BCUT2D eigenvalue weighted by molar-refractivity contribution is 0.669. The highest BCUT2D eigenvalue weighted by atomic mass is 16.3. The van der Waals surface area contributed by atoms with Gasteiger partial charge in [-0.25, -0.2) is 0 Å². The quantitative estimate of drug-likeness (QED) is 0.160. The molecule has 1 aliphatic rings. The SMILES string of the molecule is c1ccc(-c2ccc(N(c3ccc(-c4cccc5oc6ccccc6c45)cc3)c3ccc(C4(c5ccccc5)c5ccccc5-c5ccccc5-c5ccccc54)cc3)cc2)cc1. The van der Waals surface area contributed by atoms with Crippen LogP contribution in [0.3, 0.4) is 0 Å². The molecular weight excluding hydrogens is 763 g/mol. The van der Waals surface area contributed by atoms with Gasteiger partial charge in [0, 0.05) is 27.8 Å². The molecular formula is C61H41NO. The molecule has 2 nitrogen and oxygen atoms in total. The number of fused-ring (bicyclic) bond motifs is 8. The van der Waals surface area contributed by atoms with Gasteiger partial charge in [-0.15, -0.1) is 0 Å². The van der Waals surface area contributed by atoms with Crippen molar-refractivity contribution in [3.8, 4) is 44.5 Å². The van der Waals surface area contributed by atoms with E-state index in [1.54, 1.807) is 0 Å². The van der Waals surface area contributed by atoms with Crippen LogP contribution < -0.4 is 4.90 Å². The maximum absolute atomic E-state index is 6.28. The second-order valence-corrected chi connectivity index (χ2v) is 16.4. The van der Waals surface area contributed by atoms with Crippen LogP contribution in [0.25, 0.3) is 66.4 Å². The number of anilines is 3. The summed E-state index contributed by atoms with van der Waals surface area (Å²) in [6.45, 7) is 0. The van der Waals surface area contributed by atoms with Gasteiger partial charge in [0.1, 0.15) is 11.2 Å². The normalized spacial score (nSPS) is 12.6. The summed E-state index contributed by atoms with van der Waals surface area (Å²) < 4.78 is 6.28. The van der Waals surface area contributed by atoms with Crippen molar-refractivity contribution in [2.45, 2.75) is 5.41 Å². The van der Waals surface area contributed by atoms with Crippen molar-refractivity contribution in [2.24, 2.45) is 0 Å². The van der Waals surface area contributed by atoms with Gasteiger partial charge in [0.2, 0.25) is 0 Å². The molecule has 1 aliphatic carbocycles. The van der Waals surface area contributed by atoms with Crippen LogP contribution in [0.4, 0.5) is 17.1 Å². The molecule has 2 heteroatoms. The molecule has 0 spiro atoms. The highest BCUT2D eigenvalue weighted by molar-refractivity contribution is 6.12.